The molecule has 162 valence electrons. The highest BCUT2D eigenvalue weighted by Crippen LogP contribution is 2.30. The van der Waals surface area contributed by atoms with Gasteiger partial charge in [-0.15, -0.1) is 5.10 Å². The Kier molecular flexibility index (Phi) is 4.65. The van der Waals surface area contributed by atoms with Gasteiger partial charge in [0.2, 0.25) is 11.8 Å². The third-order valence-electron chi connectivity index (χ3n) is 6.16. The number of amides is 3. The van der Waals surface area contributed by atoms with E-state index in [2.05, 4.69) is 15.6 Å². The van der Waals surface area contributed by atoms with Gasteiger partial charge in [0, 0.05) is 24.4 Å². The van der Waals surface area contributed by atoms with E-state index in [1.165, 1.54) is 4.90 Å². The quantitative estimate of drug-likeness (QED) is 0.676. The molecular formula is C20H21N5O5S. The van der Waals surface area contributed by atoms with Crippen molar-refractivity contribution in [3.8, 4) is 5.69 Å². The van der Waals surface area contributed by atoms with Gasteiger partial charge in [0.15, 0.2) is 9.84 Å². The Bertz CT molecular complexity index is 1200. The molecular weight excluding hydrogens is 422 g/mol. The van der Waals surface area contributed by atoms with Crippen LogP contribution in [0.4, 0.5) is 0 Å². The van der Waals surface area contributed by atoms with Crippen LogP contribution in [0.25, 0.3) is 5.69 Å². The van der Waals surface area contributed by atoms with Crippen LogP contribution in [0.2, 0.25) is 0 Å². The van der Waals surface area contributed by atoms with Gasteiger partial charge in [-0.25, -0.2) is 13.1 Å². The number of benzene rings is 1. The molecule has 0 radical (unpaired) electrons. The number of rotatable bonds is 3. The van der Waals surface area contributed by atoms with Crippen molar-refractivity contribution in [1.82, 2.24) is 25.2 Å². The highest BCUT2D eigenvalue weighted by Gasteiger charge is 2.39. The van der Waals surface area contributed by atoms with Gasteiger partial charge >= 0.3 is 0 Å². The molecule has 1 aromatic carbocycles. The fourth-order valence-corrected chi connectivity index (χ4v) is 6.27. The van der Waals surface area contributed by atoms with Gasteiger partial charge in [-0.2, -0.15) is 0 Å². The highest BCUT2D eigenvalue weighted by atomic mass is 32.2. The summed E-state index contributed by atoms with van der Waals surface area (Å²) < 4.78 is 25.4. The van der Waals surface area contributed by atoms with E-state index >= 15 is 0 Å². The number of hydrogen-bond donors (Lipinski definition) is 1. The highest BCUT2D eigenvalue weighted by molar-refractivity contribution is 7.91. The predicted molar refractivity (Wildman–Crippen MR) is 108 cm³/mol. The van der Waals surface area contributed by atoms with Crippen LogP contribution < -0.4 is 5.32 Å². The summed E-state index contributed by atoms with van der Waals surface area (Å²) in [7, 11) is -3.05. The zero-order chi connectivity index (χ0) is 21.8. The Morgan fingerprint density at radius 1 is 1.13 bits per heavy atom. The van der Waals surface area contributed by atoms with Gasteiger partial charge in [-0.05, 0) is 43.0 Å². The normalized spacial score (nSPS) is 25.4. The smallest absolute Gasteiger partial charge is 0.255 e. The molecule has 2 fully saturated rings. The molecule has 31 heavy (non-hydrogen) atoms. The summed E-state index contributed by atoms with van der Waals surface area (Å²) in [5.74, 6) is -0.846. The summed E-state index contributed by atoms with van der Waals surface area (Å²) in [6, 6.07) is 4.62. The van der Waals surface area contributed by atoms with Crippen LogP contribution in [0.3, 0.4) is 0 Å². The first-order chi connectivity index (χ1) is 14.8. The number of fused-ring (bicyclic) bond motifs is 1. The minimum Gasteiger partial charge on any atom is -0.322 e. The molecule has 2 atom stereocenters. The Hall–Kier alpha value is -3.08. The molecule has 0 saturated carbocycles. The molecule has 1 N–H and O–H groups in total. The maximum Gasteiger partial charge on any atom is 0.255 e. The maximum atomic E-state index is 12.8. The van der Waals surface area contributed by atoms with E-state index in [1.807, 2.05) is 6.07 Å². The van der Waals surface area contributed by atoms with E-state index in [-0.39, 0.29) is 42.2 Å². The number of imide groups is 1. The van der Waals surface area contributed by atoms with Crippen LogP contribution in [-0.4, -0.2) is 63.6 Å². The van der Waals surface area contributed by atoms with Crippen LogP contribution in [-0.2, 0) is 26.0 Å². The topological polar surface area (TPSA) is 131 Å². The van der Waals surface area contributed by atoms with Crippen molar-refractivity contribution in [1.29, 1.82) is 0 Å². The number of hydrogen-bond acceptors (Lipinski definition) is 7. The van der Waals surface area contributed by atoms with E-state index < -0.39 is 21.8 Å². The third kappa shape index (κ3) is 3.62. The lowest BCUT2D eigenvalue weighted by Crippen LogP contribution is -2.52. The van der Waals surface area contributed by atoms with E-state index in [4.69, 9.17) is 0 Å². The van der Waals surface area contributed by atoms with Gasteiger partial charge in [0.1, 0.15) is 6.04 Å². The van der Waals surface area contributed by atoms with Crippen LogP contribution >= 0.6 is 0 Å². The average Bonchev–Trinajstić information content (AvgIpc) is 3.33. The van der Waals surface area contributed by atoms with Gasteiger partial charge in [-0.3, -0.25) is 19.7 Å². The summed E-state index contributed by atoms with van der Waals surface area (Å²) in [4.78, 5) is 37.9. The first-order valence-corrected chi connectivity index (χ1v) is 12.0. The number of carbonyl (C=O) groups excluding carboxylic acids is 3. The molecule has 0 spiro atoms. The molecule has 5 rings (SSSR count). The predicted octanol–water partition coefficient (Wildman–Crippen LogP) is 0.321. The van der Waals surface area contributed by atoms with E-state index in [0.29, 0.717) is 29.8 Å². The Labute approximate surface area is 178 Å². The summed E-state index contributed by atoms with van der Waals surface area (Å²) in [6.45, 7) is 0.275. The zero-order valence-corrected chi connectivity index (χ0v) is 17.5. The van der Waals surface area contributed by atoms with E-state index in [1.54, 1.807) is 23.0 Å². The number of piperidine rings is 1. The van der Waals surface area contributed by atoms with E-state index in [9.17, 15) is 22.8 Å². The third-order valence-corrected chi connectivity index (χ3v) is 7.99. The molecule has 4 heterocycles. The number of sulfone groups is 1. The molecule has 10 nitrogen and oxygen atoms in total. The Balaban J connectivity index is 1.37. The summed E-state index contributed by atoms with van der Waals surface area (Å²) in [6.07, 6.45) is 3.64. The number of carbonyl (C=O) groups is 3. The first kappa shape index (κ1) is 19.9. The van der Waals surface area contributed by atoms with Crippen LogP contribution in [0, 0.1) is 0 Å². The van der Waals surface area contributed by atoms with Crippen LogP contribution in [0.5, 0.6) is 0 Å². The molecule has 2 unspecified atom stereocenters. The Morgan fingerprint density at radius 3 is 2.74 bits per heavy atom. The number of nitrogens with zero attached hydrogens (tertiary/aromatic N) is 4. The van der Waals surface area contributed by atoms with Gasteiger partial charge in [0.05, 0.1) is 29.1 Å². The van der Waals surface area contributed by atoms with Crippen molar-refractivity contribution >= 4 is 27.6 Å². The number of nitrogens with one attached hydrogen (secondary N) is 1. The van der Waals surface area contributed by atoms with Gasteiger partial charge in [0.25, 0.3) is 5.91 Å². The molecule has 1 aromatic heterocycles. The lowest BCUT2D eigenvalue weighted by Gasteiger charge is -2.29. The second-order valence-corrected chi connectivity index (χ2v) is 10.5. The Morgan fingerprint density at radius 2 is 1.97 bits per heavy atom. The van der Waals surface area contributed by atoms with Crippen LogP contribution in [0.1, 0.15) is 53.2 Å². The van der Waals surface area contributed by atoms with Crippen molar-refractivity contribution in [2.45, 2.75) is 44.2 Å². The molecule has 0 aliphatic carbocycles. The molecule has 0 bridgehead atoms. The molecule has 3 amide bonds. The van der Waals surface area contributed by atoms with Crippen molar-refractivity contribution in [3.05, 3.63) is 41.2 Å². The largest absolute Gasteiger partial charge is 0.322 e. The second-order valence-electron chi connectivity index (χ2n) is 8.28. The maximum absolute atomic E-state index is 12.8. The molecule has 3 aliphatic heterocycles. The lowest BCUT2D eigenvalue weighted by atomic mass is 10.0. The van der Waals surface area contributed by atoms with Gasteiger partial charge < -0.3 is 4.90 Å². The van der Waals surface area contributed by atoms with Crippen molar-refractivity contribution in [2.24, 2.45) is 0 Å². The fourth-order valence-electron chi connectivity index (χ4n) is 4.55. The standard InChI is InChI=1S/C20H21N5O5S/c26-18-6-5-17(19(27)21-18)24-9-13-8-14(3-4-15(13)20(24)28)25-10-16(22-23-25)12-2-1-7-31(29,30)11-12/h3-4,8,10,12,17H,1-2,5-7,9,11H2,(H,21,26,27). The van der Waals surface area contributed by atoms with Crippen molar-refractivity contribution in [3.63, 3.8) is 0 Å². The SMILES string of the molecule is O=C1CCC(N2Cc3cc(-n4cc(C5CCCS(=O)(=O)C5)nn4)ccc3C2=O)C(=O)N1. The van der Waals surface area contributed by atoms with Gasteiger partial charge in [-0.1, -0.05) is 5.21 Å². The summed E-state index contributed by atoms with van der Waals surface area (Å²) >= 11 is 0. The summed E-state index contributed by atoms with van der Waals surface area (Å²) in [5, 5.41) is 10.6. The monoisotopic (exact) mass is 443 g/mol. The zero-order valence-electron chi connectivity index (χ0n) is 16.7. The molecule has 3 aliphatic rings. The van der Waals surface area contributed by atoms with Crippen molar-refractivity contribution < 1.29 is 22.8 Å². The van der Waals surface area contributed by atoms with Crippen molar-refractivity contribution in [2.75, 3.05) is 11.5 Å². The van der Waals surface area contributed by atoms with E-state index in [0.717, 1.165) is 12.0 Å². The molecule has 2 saturated heterocycles. The summed E-state index contributed by atoms with van der Waals surface area (Å²) in [5.41, 5.74) is 2.63. The minimum absolute atomic E-state index is 0.0886. The first-order valence-electron chi connectivity index (χ1n) is 10.2. The number of aromatic nitrogens is 3. The second kappa shape index (κ2) is 7.26. The molecule has 11 heteroatoms. The van der Waals surface area contributed by atoms with Crippen LogP contribution in [0.15, 0.2) is 24.4 Å². The fraction of sp³-hybridized carbons (Fsp3) is 0.450. The lowest BCUT2D eigenvalue weighted by molar-refractivity contribution is -0.136. The average molecular weight is 443 g/mol. The minimum atomic E-state index is -3.05. The molecule has 2 aromatic rings.